The Morgan fingerprint density at radius 3 is 2.62 bits per heavy atom. The van der Waals surface area contributed by atoms with E-state index >= 15 is 0 Å². The maximum atomic E-state index is 12.9. The molecule has 2 aromatic heterocycles. The number of aromatic nitrogens is 2. The van der Waals surface area contributed by atoms with E-state index in [1.807, 2.05) is 36.9 Å². The second-order valence-electron chi connectivity index (χ2n) is 6.85. The Labute approximate surface area is 151 Å². The molecule has 1 amide bonds. The Balaban J connectivity index is 1.44. The molecule has 3 aromatic rings. The van der Waals surface area contributed by atoms with Crippen LogP contribution in [-0.4, -0.2) is 52.0 Å². The highest BCUT2D eigenvalue weighted by atomic mass is 16.5. The van der Waals surface area contributed by atoms with Crippen LogP contribution in [0.15, 0.2) is 27.1 Å². The van der Waals surface area contributed by atoms with E-state index in [0.717, 1.165) is 35.2 Å². The number of rotatable bonds is 3. The molecule has 26 heavy (non-hydrogen) atoms. The maximum absolute atomic E-state index is 12.9. The minimum atomic E-state index is -0.0357. The highest BCUT2D eigenvalue weighted by Crippen LogP contribution is 2.27. The van der Waals surface area contributed by atoms with Crippen LogP contribution < -0.4 is 0 Å². The van der Waals surface area contributed by atoms with E-state index in [-0.39, 0.29) is 5.91 Å². The van der Waals surface area contributed by atoms with E-state index in [9.17, 15) is 4.79 Å². The van der Waals surface area contributed by atoms with Crippen molar-refractivity contribution in [3.8, 4) is 0 Å². The van der Waals surface area contributed by atoms with Crippen molar-refractivity contribution in [1.82, 2.24) is 19.9 Å². The minimum Gasteiger partial charge on any atom is -0.451 e. The van der Waals surface area contributed by atoms with Gasteiger partial charge >= 0.3 is 0 Å². The Morgan fingerprint density at radius 2 is 1.92 bits per heavy atom. The zero-order valence-corrected chi connectivity index (χ0v) is 15.3. The zero-order valence-electron chi connectivity index (χ0n) is 15.3. The van der Waals surface area contributed by atoms with Crippen LogP contribution in [0.2, 0.25) is 0 Å². The standard InChI is InChI=1S/C19H22N4O3/c1-12-4-5-15-13(2)18(25-16(15)10-12)19(24)23-8-6-22(7-9-23)11-17-20-14(3)26-21-17/h4-5,10H,6-9,11H2,1-3H3. The molecular weight excluding hydrogens is 332 g/mol. The predicted octanol–water partition coefficient (Wildman–Crippen LogP) is 2.70. The maximum Gasteiger partial charge on any atom is 0.289 e. The molecule has 7 nitrogen and oxygen atoms in total. The first-order valence-corrected chi connectivity index (χ1v) is 8.82. The molecule has 1 aliphatic heterocycles. The molecule has 1 saturated heterocycles. The highest BCUT2D eigenvalue weighted by Gasteiger charge is 2.27. The molecule has 0 radical (unpaired) electrons. The monoisotopic (exact) mass is 354 g/mol. The summed E-state index contributed by atoms with van der Waals surface area (Å²) >= 11 is 0. The van der Waals surface area contributed by atoms with E-state index in [4.69, 9.17) is 8.94 Å². The first-order valence-electron chi connectivity index (χ1n) is 8.82. The smallest absolute Gasteiger partial charge is 0.289 e. The molecule has 4 rings (SSSR count). The molecule has 1 aromatic carbocycles. The second-order valence-corrected chi connectivity index (χ2v) is 6.85. The van der Waals surface area contributed by atoms with Crippen LogP contribution >= 0.6 is 0 Å². The molecule has 0 spiro atoms. The summed E-state index contributed by atoms with van der Waals surface area (Å²) < 4.78 is 10.9. The normalized spacial score (nSPS) is 15.7. The van der Waals surface area contributed by atoms with Crippen molar-refractivity contribution in [2.45, 2.75) is 27.3 Å². The number of furan rings is 1. The third-order valence-electron chi connectivity index (χ3n) is 4.88. The van der Waals surface area contributed by atoms with Crippen LogP contribution in [0.5, 0.6) is 0 Å². The molecular formula is C19H22N4O3. The Bertz CT molecular complexity index is 951. The number of piperazine rings is 1. The lowest BCUT2D eigenvalue weighted by Crippen LogP contribution is -2.48. The summed E-state index contributed by atoms with van der Waals surface area (Å²) in [5, 5.41) is 4.94. The summed E-state index contributed by atoms with van der Waals surface area (Å²) in [7, 11) is 0. The first-order chi connectivity index (χ1) is 12.5. The lowest BCUT2D eigenvalue weighted by atomic mass is 10.1. The van der Waals surface area contributed by atoms with E-state index in [1.165, 1.54) is 0 Å². The fraction of sp³-hybridized carbons (Fsp3) is 0.421. The third kappa shape index (κ3) is 3.10. The second kappa shape index (κ2) is 6.57. The van der Waals surface area contributed by atoms with Crippen molar-refractivity contribution in [1.29, 1.82) is 0 Å². The number of aryl methyl sites for hydroxylation is 3. The van der Waals surface area contributed by atoms with Crippen LogP contribution in [-0.2, 0) is 6.54 Å². The van der Waals surface area contributed by atoms with Crippen molar-refractivity contribution in [3.05, 3.63) is 46.8 Å². The average Bonchev–Trinajstić information content (AvgIpc) is 3.18. The summed E-state index contributed by atoms with van der Waals surface area (Å²) in [5.41, 5.74) is 2.81. The van der Waals surface area contributed by atoms with Gasteiger partial charge in [0.05, 0.1) is 6.54 Å². The minimum absolute atomic E-state index is 0.0357. The Hall–Kier alpha value is -2.67. The summed E-state index contributed by atoms with van der Waals surface area (Å²) in [5.74, 6) is 1.68. The van der Waals surface area contributed by atoms with Gasteiger partial charge in [-0.25, -0.2) is 0 Å². The number of amides is 1. The van der Waals surface area contributed by atoms with Gasteiger partial charge in [0.15, 0.2) is 11.6 Å². The predicted molar refractivity (Wildman–Crippen MR) is 95.9 cm³/mol. The lowest BCUT2D eigenvalue weighted by Gasteiger charge is -2.33. The van der Waals surface area contributed by atoms with Crippen molar-refractivity contribution in [2.24, 2.45) is 0 Å². The number of fused-ring (bicyclic) bond motifs is 1. The fourth-order valence-corrected chi connectivity index (χ4v) is 3.39. The van der Waals surface area contributed by atoms with Gasteiger partial charge in [-0.05, 0) is 25.5 Å². The van der Waals surface area contributed by atoms with Gasteiger partial charge in [0, 0.05) is 44.1 Å². The molecule has 0 N–H and O–H groups in total. The van der Waals surface area contributed by atoms with E-state index in [0.29, 0.717) is 37.1 Å². The largest absolute Gasteiger partial charge is 0.451 e. The number of carbonyl (C=O) groups excluding carboxylic acids is 1. The van der Waals surface area contributed by atoms with Gasteiger partial charge in [-0.1, -0.05) is 17.3 Å². The summed E-state index contributed by atoms with van der Waals surface area (Å²) in [6.07, 6.45) is 0. The van der Waals surface area contributed by atoms with Gasteiger partial charge in [0.25, 0.3) is 5.91 Å². The molecule has 0 atom stereocenters. The van der Waals surface area contributed by atoms with E-state index in [1.54, 1.807) is 6.92 Å². The van der Waals surface area contributed by atoms with Crippen LogP contribution in [0.3, 0.4) is 0 Å². The van der Waals surface area contributed by atoms with Gasteiger partial charge in [0.1, 0.15) is 5.58 Å². The van der Waals surface area contributed by atoms with Gasteiger partial charge in [-0.3, -0.25) is 9.69 Å². The number of hydrogen-bond donors (Lipinski definition) is 0. The SMILES string of the molecule is Cc1ccc2c(C)c(C(=O)N3CCN(Cc4noc(C)n4)CC3)oc2c1. The topological polar surface area (TPSA) is 75.6 Å². The number of carbonyl (C=O) groups is 1. The van der Waals surface area contributed by atoms with E-state index < -0.39 is 0 Å². The first kappa shape index (κ1) is 16.8. The summed E-state index contributed by atoms with van der Waals surface area (Å²) in [6, 6.07) is 6.03. The molecule has 1 aliphatic rings. The lowest BCUT2D eigenvalue weighted by molar-refractivity contribution is 0.0595. The molecule has 0 saturated carbocycles. The average molecular weight is 354 g/mol. The molecule has 7 heteroatoms. The number of nitrogens with zero attached hydrogens (tertiary/aromatic N) is 4. The molecule has 1 fully saturated rings. The van der Waals surface area contributed by atoms with Gasteiger partial charge in [-0.15, -0.1) is 0 Å². The van der Waals surface area contributed by atoms with Crippen molar-refractivity contribution < 1.29 is 13.7 Å². The number of hydrogen-bond acceptors (Lipinski definition) is 6. The van der Waals surface area contributed by atoms with Crippen molar-refractivity contribution >= 4 is 16.9 Å². The summed E-state index contributed by atoms with van der Waals surface area (Å²) in [6.45, 7) is 9.25. The molecule has 136 valence electrons. The van der Waals surface area contributed by atoms with Gasteiger partial charge < -0.3 is 13.8 Å². The quantitative estimate of drug-likeness (QED) is 0.720. The van der Waals surface area contributed by atoms with Crippen LogP contribution in [0.25, 0.3) is 11.0 Å². The zero-order chi connectivity index (χ0) is 18.3. The molecule has 3 heterocycles. The molecule has 0 aliphatic carbocycles. The van der Waals surface area contributed by atoms with Gasteiger partial charge in [-0.2, -0.15) is 4.98 Å². The molecule has 0 unspecified atom stereocenters. The molecule has 0 bridgehead atoms. The Kier molecular flexibility index (Phi) is 4.24. The van der Waals surface area contributed by atoms with Crippen molar-refractivity contribution in [3.63, 3.8) is 0 Å². The van der Waals surface area contributed by atoms with E-state index in [2.05, 4.69) is 15.0 Å². The van der Waals surface area contributed by atoms with Crippen LogP contribution in [0.1, 0.15) is 33.4 Å². The number of benzene rings is 1. The third-order valence-corrected chi connectivity index (χ3v) is 4.88. The van der Waals surface area contributed by atoms with Gasteiger partial charge in [0.2, 0.25) is 5.89 Å². The fourth-order valence-electron chi connectivity index (χ4n) is 3.39. The van der Waals surface area contributed by atoms with Crippen LogP contribution in [0.4, 0.5) is 0 Å². The Morgan fingerprint density at radius 1 is 1.15 bits per heavy atom. The van der Waals surface area contributed by atoms with Crippen molar-refractivity contribution in [2.75, 3.05) is 26.2 Å². The summed E-state index contributed by atoms with van der Waals surface area (Å²) in [4.78, 5) is 21.2. The highest BCUT2D eigenvalue weighted by molar-refractivity contribution is 5.99. The van der Waals surface area contributed by atoms with Crippen LogP contribution in [0, 0.1) is 20.8 Å².